The molecule has 2 aromatic rings. The Morgan fingerprint density at radius 1 is 1.11 bits per heavy atom. The van der Waals surface area contributed by atoms with E-state index in [9.17, 15) is 0 Å². The summed E-state index contributed by atoms with van der Waals surface area (Å²) < 4.78 is 1.92. The first-order valence-corrected chi connectivity index (χ1v) is 6.78. The van der Waals surface area contributed by atoms with Gasteiger partial charge in [0, 0.05) is 37.6 Å². The van der Waals surface area contributed by atoms with Crippen LogP contribution in [-0.4, -0.2) is 16.3 Å². The largest absolute Gasteiger partial charge is 0.385 e. The predicted octanol–water partition coefficient (Wildman–Crippen LogP) is 3.37. The Hall–Kier alpha value is -1.77. The molecule has 1 aromatic carbocycles. The van der Waals surface area contributed by atoms with E-state index in [4.69, 9.17) is 0 Å². The third-order valence-corrected chi connectivity index (χ3v) is 3.38. The predicted molar refractivity (Wildman–Crippen MR) is 80.5 cm³/mol. The molecule has 1 N–H and O–H groups in total. The molecule has 0 amide bonds. The summed E-state index contributed by atoms with van der Waals surface area (Å²) in [7, 11) is 1.98. The Morgan fingerprint density at radius 3 is 2.32 bits per heavy atom. The normalized spacial score (nSPS) is 11.6. The van der Waals surface area contributed by atoms with Crippen molar-refractivity contribution in [2.75, 3.05) is 11.9 Å². The number of rotatable bonds is 4. The topological polar surface area (TPSA) is 29.9 Å². The van der Waals surface area contributed by atoms with Gasteiger partial charge >= 0.3 is 0 Å². The third-order valence-electron chi connectivity index (χ3n) is 3.38. The highest BCUT2D eigenvalue weighted by atomic mass is 15.3. The minimum Gasteiger partial charge on any atom is -0.385 e. The van der Waals surface area contributed by atoms with Crippen LogP contribution in [0.2, 0.25) is 0 Å². The average molecular weight is 257 g/mol. The van der Waals surface area contributed by atoms with Gasteiger partial charge in [-0.25, -0.2) is 0 Å². The van der Waals surface area contributed by atoms with Crippen molar-refractivity contribution in [2.24, 2.45) is 7.05 Å². The Morgan fingerprint density at radius 2 is 1.79 bits per heavy atom. The van der Waals surface area contributed by atoms with Crippen LogP contribution in [0.3, 0.4) is 0 Å². The minimum atomic E-state index is 0.216. The molecule has 0 saturated carbocycles. The maximum Gasteiger partial charge on any atom is 0.0492 e. The Bertz CT molecular complexity index is 518. The summed E-state index contributed by atoms with van der Waals surface area (Å²) in [5, 5.41) is 7.62. The highest BCUT2D eigenvalue weighted by molar-refractivity contribution is 5.45. The highest BCUT2D eigenvalue weighted by Crippen LogP contribution is 2.23. The first-order valence-electron chi connectivity index (χ1n) is 6.78. The first kappa shape index (κ1) is 13.7. The number of hydrogen-bond donors (Lipinski definition) is 1. The third kappa shape index (κ3) is 3.60. The minimum absolute atomic E-state index is 0.216. The summed E-state index contributed by atoms with van der Waals surface area (Å²) in [5.74, 6) is 0. The van der Waals surface area contributed by atoms with Crippen molar-refractivity contribution in [2.45, 2.75) is 32.6 Å². The van der Waals surface area contributed by atoms with E-state index in [1.165, 1.54) is 16.9 Å². The highest BCUT2D eigenvalue weighted by Gasteiger charge is 2.12. The molecule has 3 heteroatoms. The van der Waals surface area contributed by atoms with E-state index in [1.807, 2.05) is 17.9 Å². The molecule has 0 aliphatic heterocycles. The van der Waals surface area contributed by atoms with Crippen molar-refractivity contribution >= 4 is 5.69 Å². The second-order valence-corrected chi connectivity index (χ2v) is 5.95. The summed E-state index contributed by atoms with van der Waals surface area (Å²) in [6.45, 7) is 7.63. The lowest BCUT2D eigenvalue weighted by Gasteiger charge is -2.19. The number of anilines is 1. The summed E-state index contributed by atoms with van der Waals surface area (Å²) >= 11 is 0. The van der Waals surface area contributed by atoms with Gasteiger partial charge in [0.25, 0.3) is 0 Å². The van der Waals surface area contributed by atoms with Crippen LogP contribution in [0.5, 0.6) is 0 Å². The van der Waals surface area contributed by atoms with Gasteiger partial charge in [-0.3, -0.25) is 4.68 Å². The lowest BCUT2D eigenvalue weighted by atomic mass is 9.87. The molecule has 102 valence electrons. The second kappa shape index (κ2) is 5.47. The standard InChI is InChI=1S/C16H23N3/c1-16(2,3)13-5-7-14(8-6-13)17-11-9-15-10-12-18-19(15)4/h5-8,10,12,17H,9,11H2,1-4H3. The molecule has 0 aliphatic carbocycles. The number of benzene rings is 1. The van der Waals surface area contributed by atoms with E-state index in [-0.39, 0.29) is 5.41 Å². The zero-order valence-corrected chi connectivity index (χ0v) is 12.3. The number of aromatic nitrogens is 2. The van der Waals surface area contributed by atoms with Crippen LogP contribution in [0.4, 0.5) is 5.69 Å². The quantitative estimate of drug-likeness (QED) is 0.910. The molecule has 0 bridgehead atoms. The Kier molecular flexibility index (Phi) is 3.93. The molecule has 2 rings (SSSR count). The van der Waals surface area contributed by atoms with Crippen LogP contribution in [0.1, 0.15) is 32.0 Å². The van der Waals surface area contributed by atoms with Gasteiger partial charge in [0.2, 0.25) is 0 Å². The number of nitrogens with one attached hydrogen (secondary N) is 1. The van der Waals surface area contributed by atoms with Crippen molar-refractivity contribution < 1.29 is 0 Å². The van der Waals surface area contributed by atoms with Gasteiger partial charge in [-0.2, -0.15) is 5.10 Å². The lowest BCUT2D eigenvalue weighted by molar-refractivity contribution is 0.590. The smallest absolute Gasteiger partial charge is 0.0492 e. The average Bonchev–Trinajstić information content (AvgIpc) is 2.75. The van der Waals surface area contributed by atoms with E-state index in [0.717, 1.165) is 13.0 Å². The van der Waals surface area contributed by atoms with Crippen LogP contribution in [0.25, 0.3) is 0 Å². The molecule has 3 nitrogen and oxygen atoms in total. The monoisotopic (exact) mass is 257 g/mol. The molecular formula is C16H23N3. The molecule has 0 spiro atoms. The second-order valence-electron chi connectivity index (χ2n) is 5.95. The van der Waals surface area contributed by atoms with E-state index >= 15 is 0 Å². The van der Waals surface area contributed by atoms with E-state index in [2.05, 4.69) is 61.5 Å². The molecule has 19 heavy (non-hydrogen) atoms. The fourth-order valence-corrected chi connectivity index (χ4v) is 2.07. The van der Waals surface area contributed by atoms with Gasteiger partial charge < -0.3 is 5.32 Å². The first-order chi connectivity index (χ1) is 8.97. The Labute approximate surface area is 115 Å². The summed E-state index contributed by atoms with van der Waals surface area (Å²) in [4.78, 5) is 0. The molecule has 0 saturated heterocycles. The molecule has 1 heterocycles. The zero-order valence-electron chi connectivity index (χ0n) is 12.3. The molecule has 0 fully saturated rings. The Balaban J connectivity index is 1.89. The molecule has 0 aliphatic rings. The van der Waals surface area contributed by atoms with Gasteiger partial charge in [-0.15, -0.1) is 0 Å². The lowest BCUT2D eigenvalue weighted by Crippen LogP contribution is -2.11. The summed E-state index contributed by atoms with van der Waals surface area (Å²) in [6, 6.07) is 10.8. The zero-order chi connectivity index (χ0) is 13.9. The van der Waals surface area contributed by atoms with E-state index in [1.54, 1.807) is 0 Å². The molecule has 0 radical (unpaired) electrons. The maximum absolute atomic E-state index is 4.17. The van der Waals surface area contributed by atoms with E-state index < -0.39 is 0 Å². The van der Waals surface area contributed by atoms with Crippen LogP contribution < -0.4 is 5.32 Å². The van der Waals surface area contributed by atoms with Gasteiger partial charge in [-0.1, -0.05) is 32.9 Å². The summed E-state index contributed by atoms with van der Waals surface area (Å²) in [5.41, 5.74) is 4.01. The number of hydrogen-bond acceptors (Lipinski definition) is 2. The van der Waals surface area contributed by atoms with Crippen molar-refractivity contribution in [1.82, 2.24) is 9.78 Å². The fourth-order valence-electron chi connectivity index (χ4n) is 2.07. The molecule has 0 atom stereocenters. The fraction of sp³-hybridized carbons (Fsp3) is 0.438. The van der Waals surface area contributed by atoms with Gasteiger partial charge in [-0.05, 0) is 29.2 Å². The van der Waals surface area contributed by atoms with Crippen LogP contribution >= 0.6 is 0 Å². The molecule has 0 unspecified atom stereocenters. The van der Waals surface area contributed by atoms with Crippen LogP contribution in [0.15, 0.2) is 36.5 Å². The molecule has 1 aromatic heterocycles. The number of aryl methyl sites for hydroxylation is 1. The van der Waals surface area contributed by atoms with Crippen molar-refractivity contribution in [1.29, 1.82) is 0 Å². The van der Waals surface area contributed by atoms with Gasteiger partial charge in [0.15, 0.2) is 0 Å². The van der Waals surface area contributed by atoms with Crippen molar-refractivity contribution in [3.8, 4) is 0 Å². The van der Waals surface area contributed by atoms with Gasteiger partial charge in [0.1, 0.15) is 0 Å². The van der Waals surface area contributed by atoms with Crippen LogP contribution in [0, 0.1) is 0 Å². The number of nitrogens with zero attached hydrogens (tertiary/aromatic N) is 2. The molecular weight excluding hydrogens is 234 g/mol. The van der Waals surface area contributed by atoms with E-state index in [0.29, 0.717) is 0 Å². The van der Waals surface area contributed by atoms with Gasteiger partial charge in [0.05, 0.1) is 0 Å². The SMILES string of the molecule is Cn1nccc1CCNc1ccc(C(C)(C)C)cc1. The van der Waals surface area contributed by atoms with Crippen molar-refractivity contribution in [3.05, 3.63) is 47.8 Å². The maximum atomic E-state index is 4.17. The van der Waals surface area contributed by atoms with Crippen LogP contribution in [-0.2, 0) is 18.9 Å². The van der Waals surface area contributed by atoms with Crippen molar-refractivity contribution in [3.63, 3.8) is 0 Å². The summed E-state index contributed by atoms with van der Waals surface area (Å²) in [6.07, 6.45) is 2.82.